The zero-order valence-electron chi connectivity index (χ0n) is 12.3. The zero-order valence-corrected chi connectivity index (χ0v) is 19.3. The molecule has 0 N–H and O–H groups in total. The SMILES string of the molecule is [C-]#[O+].[C-]#[O+].[C-]#[O+].[C-]#[O+].[C-]#[O+].[C-]#[O+].[C-]#[O+].[C-]#[O+].[C-]#[O+].[C-]#[O+].[C-]#[O+].[C-]#[O+].[Ru].[Ru].[Ru].[Ru]. The van der Waals surface area contributed by atoms with Crippen LogP contribution in [0.2, 0.25) is 0 Å². The average molecular weight is 740 g/mol. The monoisotopic (exact) mass is 744 g/mol. The Labute approximate surface area is 212 Å². The Morgan fingerprint density at radius 2 is 0.143 bits per heavy atom. The summed E-state index contributed by atoms with van der Waals surface area (Å²) in [5.41, 5.74) is 0. The van der Waals surface area contributed by atoms with Gasteiger partial charge >= 0.3 is 136 Å². The number of hydrogen-bond donors (Lipinski definition) is 0. The fourth-order valence-electron chi connectivity index (χ4n) is 0. The minimum atomic E-state index is 0. The second-order valence-corrected chi connectivity index (χ2v) is 0. The van der Waals surface area contributed by atoms with Crippen molar-refractivity contribution in [2.24, 2.45) is 0 Å². The van der Waals surface area contributed by atoms with E-state index >= 15 is 0 Å². The maximum atomic E-state index is 7.50. The summed E-state index contributed by atoms with van der Waals surface area (Å²) in [5.74, 6) is 0. The molecule has 0 atom stereocenters. The van der Waals surface area contributed by atoms with Gasteiger partial charge in [-0.1, -0.05) is 0 Å². The van der Waals surface area contributed by atoms with Crippen molar-refractivity contribution >= 4 is 0 Å². The molecule has 16 heteroatoms. The molecular formula is C12O12Ru4. The molecule has 0 amide bonds. The van der Waals surface area contributed by atoms with E-state index in [4.69, 9.17) is 55.8 Å². The molecule has 0 aromatic heterocycles. The van der Waals surface area contributed by atoms with E-state index in [1.807, 2.05) is 0 Å². The van der Waals surface area contributed by atoms with Gasteiger partial charge < -0.3 is 0 Å². The Morgan fingerprint density at radius 3 is 0.143 bits per heavy atom. The molecule has 0 saturated carbocycles. The van der Waals surface area contributed by atoms with Crippen LogP contribution < -0.4 is 0 Å². The molecule has 0 heterocycles. The third kappa shape index (κ3) is 38400. The Morgan fingerprint density at radius 1 is 0.143 bits per heavy atom. The van der Waals surface area contributed by atoms with E-state index in [9.17, 15) is 0 Å². The smallest absolute Gasteiger partial charge is 0 e. The zero-order chi connectivity index (χ0) is 24.0. The quantitative estimate of drug-likeness (QED) is 0.174. The third-order valence-corrected chi connectivity index (χ3v) is 0. The number of rotatable bonds is 0. The summed E-state index contributed by atoms with van der Waals surface area (Å²) >= 11 is 0. The van der Waals surface area contributed by atoms with E-state index in [1.165, 1.54) is 0 Å². The summed E-state index contributed by atoms with van der Waals surface area (Å²) in [4.78, 5) is 0. The summed E-state index contributed by atoms with van der Waals surface area (Å²) in [7, 11) is 0. The van der Waals surface area contributed by atoms with Crippen molar-refractivity contribution in [3.8, 4) is 0 Å². The van der Waals surface area contributed by atoms with Gasteiger partial charge in [-0.25, -0.2) is 0 Å². The normalized spacial score (nSPS) is 0.857. The van der Waals surface area contributed by atoms with Crippen molar-refractivity contribution in [1.82, 2.24) is 0 Å². The molecule has 12 nitrogen and oxygen atoms in total. The Hall–Kier alpha value is -0.626. The van der Waals surface area contributed by atoms with Crippen molar-refractivity contribution in [3.63, 3.8) is 0 Å². The molecule has 0 aliphatic carbocycles. The van der Waals surface area contributed by atoms with Crippen LogP contribution in [0.3, 0.4) is 0 Å². The maximum Gasteiger partial charge on any atom is 0 e. The van der Waals surface area contributed by atoms with Crippen molar-refractivity contribution in [3.05, 3.63) is 79.8 Å². The van der Waals surface area contributed by atoms with Gasteiger partial charge in [-0.15, -0.1) is 0 Å². The van der Waals surface area contributed by atoms with Crippen LogP contribution in [0, 0.1) is 79.8 Å². The predicted octanol–water partition coefficient (Wildman–Crippen LogP) is -0.460. The van der Waals surface area contributed by atoms with Crippen molar-refractivity contribution in [1.29, 1.82) is 0 Å². The van der Waals surface area contributed by atoms with Crippen LogP contribution in [-0.2, 0) is 134 Å². The van der Waals surface area contributed by atoms with Crippen molar-refractivity contribution < 1.29 is 134 Å². The molecular weight excluding hydrogens is 740 g/mol. The van der Waals surface area contributed by atoms with Gasteiger partial charge in [0.25, 0.3) is 0 Å². The van der Waals surface area contributed by atoms with Gasteiger partial charge in [0.1, 0.15) is 0 Å². The van der Waals surface area contributed by atoms with E-state index in [-0.39, 0.29) is 77.9 Å². The molecule has 0 radical (unpaired) electrons. The predicted molar refractivity (Wildman–Crippen MR) is 47.2 cm³/mol. The first-order valence-electron chi connectivity index (χ1n) is 2.45. The van der Waals surface area contributed by atoms with Gasteiger partial charge in [0.05, 0.1) is 0 Å². The van der Waals surface area contributed by atoms with E-state index in [0.717, 1.165) is 0 Å². The molecule has 0 unspecified atom stereocenters. The first-order valence-corrected chi connectivity index (χ1v) is 2.45. The van der Waals surface area contributed by atoms with Crippen molar-refractivity contribution in [2.45, 2.75) is 0 Å². The molecule has 0 spiro atoms. The van der Waals surface area contributed by atoms with Gasteiger partial charge in [0, 0.05) is 77.9 Å². The minimum absolute atomic E-state index is 0. The van der Waals surface area contributed by atoms with Gasteiger partial charge in [-0.05, 0) is 0 Å². The standard InChI is InChI=1S/12CO.4Ru/c12*1-2;;;;. The van der Waals surface area contributed by atoms with Crippen LogP contribution in [0.5, 0.6) is 0 Å². The molecule has 0 aliphatic heterocycles. The van der Waals surface area contributed by atoms with Crippen LogP contribution >= 0.6 is 0 Å². The third-order valence-electron chi connectivity index (χ3n) is 0. The molecule has 0 bridgehead atoms. The first-order chi connectivity index (χ1) is 12.0. The van der Waals surface area contributed by atoms with Gasteiger partial charge in [-0.3, -0.25) is 0 Å². The van der Waals surface area contributed by atoms with Crippen LogP contribution in [0.1, 0.15) is 0 Å². The van der Waals surface area contributed by atoms with Crippen LogP contribution in [0.25, 0.3) is 0 Å². The van der Waals surface area contributed by atoms with Crippen LogP contribution in [-0.4, -0.2) is 0 Å². The largest absolute Gasteiger partial charge is 0 e. The second kappa shape index (κ2) is 43300. The van der Waals surface area contributed by atoms with Gasteiger partial charge in [0.15, 0.2) is 0 Å². The summed E-state index contributed by atoms with van der Waals surface area (Å²) in [6.45, 7) is 54.0. The van der Waals surface area contributed by atoms with Gasteiger partial charge in [-0.2, -0.15) is 0 Å². The molecule has 28 heavy (non-hydrogen) atoms. The topological polar surface area (TPSA) is 239 Å². The van der Waals surface area contributed by atoms with E-state index in [2.05, 4.69) is 79.8 Å². The molecule has 0 aliphatic rings. The molecule has 0 fully saturated rings. The van der Waals surface area contributed by atoms with Crippen LogP contribution in [0.15, 0.2) is 0 Å². The molecule has 0 aromatic carbocycles. The Bertz CT molecular complexity index is 227. The fourth-order valence-corrected chi connectivity index (χ4v) is 0. The van der Waals surface area contributed by atoms with E-state index in [1.54, 1.807) is 0 Å². The Kier molecular flexibility index (Phi) is 227000. The minimum Gasteiger partial charge on any atom is 0 e. The second-order valence-electron chi connectivity index (χ2n) is 0. The van der Waals surface area contributed by atoms with E-state index in [0.29, 0.717) is 0 Å². The average Bonchev–Trinajstić information content (AvgIpc) is 2.84. The fraction of sp³-hybridized carbons (Fsp3) is 0. The summed E-state index contributed by atoms with van der Waals surface area (Å²) in [5, 5.41) is 0. The van der Waals surface area contributed by atoms with Gasteiger partial charge in [0.2, 0.25) is 0 Å². The van der Waals surface area contributed by atoms with Crippen molar-refractivity contribution in [2.75, 3.05) is 0 Å². The Balaban J connectivity index is -0.00000000396. The summed E-state index contributed by atoms with van der Waals surface area (Å²) < 4.78 is 90.0. The first kappa shape index (κ1) is 147. The maximum absolute atomic E-state index is 7.50. The summed E-state index contributed by atoms with van der Waals surface area (Å²) in [6.07, 6.45) is 0. The summed E-state index contributed by atoms with van der Waals surface area (Å²) in [6, 6.07) is 0. The van der Waals surface area contributed by atoms with Crippen LogP contribution in [0.4, 0.5) is 0 Å². The number of hydrogen-bond acceptors (Lipinski definition) is 0. The molecule has 152 valence electrons. The molecule has 0 aromatic rings. The molecule has 0 rings (SSSR count). The molecule has 0 saturated heterocycles. The van der Waals surface area contributed by atoms with E-state index < -0.39 is 0 Å².